The second kappa shape index (κ2) is 12.5. The molecule has 0 aromatic heterocycles. The summed E-state index contributed by atoms with van der Waals surface area (Å²) in [6.45, 7) is 2.87. The lowest BCUT2D eigenvalue weighted by Crippen LogP contribution is -2.67. The molecule has 3 atom stereocenters. The van der Waals surface area contributed by atoms with Crippen LogP contribution < -0.4 is 16.8 Å². The van der Waals surface area contributed by atoms with Crippen molar-refractivity contribution in [1.29, 1.82) is 0 Å². The number of likely N-dealkylation sites (tertiary alicyclic amines) is 1. The van der Waals surface area contributed by atoms with E-state index in [1.807, 2.05) is 25.1 Å². The Labute approximate surface area is 211 Å². The van der Waals surface area contributed by atoms with Crippen molar-refractivity contribution < 1.29 is 23.9 Å². The topological polar surface area (TPSA) is 160 Å². The summed E-state index contributed by atoms with van der Waals surface area (Å²) in [4.78, 5) is 58.2. The maximum atomic E-state index is 14.0. The highest BCUT2D eigenvalue weighted by atomic mass is 16.6. The second-order valence-corrected chi connectivity index (χ2v) is 9.38. The number of benzene rings is 1. The van der Waals surface area contributed by atoms with Gasteiger partial charge in [0.2, 0.25) is 11.8 Å². The number of aldehydes is 1. The van der Waals surface area contributed by atoms with Crippen molar-refractivity contribution in [3.63, 3.8) is 0 Å². The Bertz CT molecular complexity index is 959. The summed E-state index contributed by atoms with van der Waals surface area (Å²) in [5.74, 6) is -0.961. The molecule has 11 heteroatoms. The Kier molecular flexibility index (Phi) is 9.40. The maximum absolute atomic E-state index is 14.0. The number of piperidine rings is 1. The molecule has 2 saturated heterocycles. The van der Waals surface area contributed by atoms with Crippen LogP contribution in [-0.4, -0.2) is 70.8 Å². The minimum atomic E-state index is -1.04. The molecule has 1 aromatic carbocycles. The van der Waals surface area contributed by atoms with Crippen LogP contribution in [0.4, 0.5) is 4.79 Å². The molecule has 2 aliphatic rings. The molecular weight excluding hydrogens is 464 g/mol. The Morgan fingerprint density at radius 3 is 2.69 bits per heavy atom. The van der Waals surface area contributed by atoms with E-state index in [2.05, 4.69) is 10.3 Å². The lowest BCUT2D eigenvalue weighted by atomic mass is 9.93. The number of nitrogens with zero attached hydrogens (tertiary/aromatic N) is 3. The fourth-order valence-electron chi connectivity index (χ4n) is 4.88. The third-order valence-corrected chi connectivity index (χ3v) is 6.71. The maximum Gasteiger partial charge on any atom is 0.417 e. The highest BCUT2D eigenvalue weighted by Crippen LogP contribution is 2.31. The predicted molar refractivity (Wildman–Crippen MR) is 133 cm³/mol. The third kappa shape index (κ3) is 6.60. The molecule has 3 amide bonds. The highest BCUT2D eigenvalue weighted by molar-refractivity contribution is 6.01. The van der Waals surface area contributed by atoms with Crippen LogP contribution in [0.5, 0.6) is 0 Å². The molecule has 1 unspecified atom stereocenters. The van der Waals surface area contributed by atoms with Crippen LogP contribution in [0, 0.1) is 0 Å². The van der Waals surface area contributed by atoms with E-state index >= 15 is 0 Å². The molecule has 2 heterocycles. The summed E-state index contributed by atoms with van der Waals surface area (Å²) in [6.07, 6.45) is 3.37. The van der Waals surface area contributed by atoms with Crippen LogP contribution in [-0.2, 0) is 25.7 Å². The van der Waals surface area contributed by atoms with Gasteiger partial charge in [-0.25, -0.2) is 9.69 Å². The van der Waals surface area contributed by atoms with E-state index in [0.29, 0.717) is 32.4 Å². The molecule has 5 N–H and O–H groups in total. The van der Waals surface area contributed by atoms with Crippen LogP contribution in [0.1, 0.15) is 57.4 Å². The monoisotopic (exact) mass is 500 g/mol. The number of imide groups is 1. The number of amides is 3. The number of nitrogens with two attached hydrogens (primary N) is 2. The van der Waals surface area contributed by atoms with Crippen molar-refractivity contribution in [2.45, 2.75) is 76.2 Å². The SMILES string of the molecule is CC1(N(C(=O)[C@@H]2CCC(=O)N2C(=O)OCc2ccccc2)[C@H](C=O)CCCN=C(N)N)CCCCN1. The van der Waals surface area contributed by atoms with Gasteiger partial charge in [0.05, 0.1) is 11.7 Å². The first kappa shape index (κ1) is 27.1. The largest absolute Gasteiger partial charge is 0.444 e. The van der Waals surface area contributed by atoms with E-state index in [1.165, 1.54) is 4.90 Å². The average Bonchev–Trinajstić information content (AvgIpc) is 3.26. The zero-order chi connectivity index (χ0) is 26.1. The quantitative estimate of drug-likeness (QED) is 0.187. The molecule has 0 saturated carbocycles. The van der Waals surface area contributed by atoms with Crippen molar-refractivity contribution in [2.24, 2.45) is 16.5 Å². The van der Waals surface area contributed by atoms with E-state index < -0.39 is 35.7 Å². The minimum absolute atomic E-state index is 0.0187. The van der Waals surface area contributed by atoms with Gasteiger partial charge in [0.15, 0.2) is 5.96 Å². The van der Waals surface area contributed by atoms with Crippen LogP contribution >= 0.6 is 0 Å². The zero-order valence-electron chi connectivity index (χ0n) is 20.7. The van der Waals surface area contributed by atoms with E-state index in [0.717, 1.165) is 29.6 Å². The summed E-state index contributed by atoms with van der Waals surface area (Å²) in [5, 5.41) is 3.38. The molecule has 0 bridgehead atoms. The van der Waals surface area contributed by atoms with Crippen molar-refractivity contribution in [1.82, 2.24) is 15.1 Å². The average molecular weight is 501 g/mol. The van der Waals surface area contributed by atoms with Gasteiger partial charge in [0, 0.05) is 13.0 Å². The molecule has 0 spiro atoms. The molecule has 0 radical (unpaired) electrons. The Morgan fingerprint density at radius 2 is 2.06 bits per heavy atom. The third-order valence-electron chi connectivity index (χ3n) is 6.71. The Morgan fingerprint density at radius 1 is 1.31 bits per heavy atom. The van der Waals surface area contributed by atoms with Crippen LogP contribution in [0.2, 0.25) is 0 Å². The summed E-state index contributed by atoms with van der Waals surface area (Å²) in [5.41, 5.74) is 10.7. The number of carbonyl (C=O) groups is 4. The van der Waals surface area contributed by atoms with Gasteiger partial charge < -0.3 is 25.9 Å². The standard InChI is InChI=1S/C25H36N6O5/c1-25(13-5-6-15-29-25)31(19(16-32)10-7-14-28-23(26)27)22(34)20-11-12-21(33)30(20)24(35)36-17-18-8-3-2-4-9-18/h2-4,8-9,16,19-20,29H,5-7,10-15,17H2,1H3,(H4,26,27,28)/t19-,20-,25?/m0/s1. The van der Waals surface area contributed by atoms with Gasteiger partial charge in [-0.2, -0.15) is 0 Å². The first-order valence-corrected chi connectivity index (χ1v) is 12.4. The number of hydrogen-bond acceptors (Lipinski definition) is 7. The first-order chi connectivity index (χ1) is 17.3. The van der Waals surface area contributed by atoms with Crippen molar-refractivity contribution in [2.75, 3.05) is 13.1 Å². The zero-order valence-corrected chi connectivity index (χ0v) is 20.7. The highest BCUT2D eigenvalue weighted by Gasteiger charge is 2.48. The number of hydrogen-bond donors (Lipinski definition) is 3. The van der Waals surface area contributed by atoms with Crippen LogP contribution in [0.3, 0.4) is 0 Å². The van der Waals surface area contributed by atoms with E-state index in [4.69, 9.17) is 16.2 Å². The van der Waals surface area contributed by atoms with Gasteiger partial charge in [0.1, 0.15) is 18.9 Å². The lowest BCUT2D eigenvalue weighted by molar-refractivity contribution is -0.152. The second-order valence-electron chi connectivity index (χ2n) is 9.38. The fraction of sp³-hybridized carbons (Fsp3) is 0.560. The summed E-state index contributed by atoms with van der Waals surface area (Å²) < 4.78 is 5.37. The van der Waals surface area contributed by atoms with Gasteiger partial charge in [-0.05, 0) is 57.6 Å². The molecule has 1 aromatic rings. The molecular formula is C25H36N6O5. The molecule has 11 nitrogen and oxygen atoms in total. The van der Waals surface area contributed by atoms with Crippen LogP contribution in [0.15, 0.2) is 35.3 Å². The molecule has 2 aliphatic heterocycles. The van der Waals surface area contributed by atoms with Gasteiger partial charge in [0.25, 0.3) is 0 Å². The van der Waals surface area contributed by atoms with Crippen molar-refractivity contribution in [3.8, 4) is 0 Å². The molecule has 2 fully saturated rings. The Balaban J connectivity index is 1.81. The summed E-state index contributed by atoms with van der Waals surface area (Å²) in [7, 11) is 0. The molecule has 3 rings (SSSR count). The smallest absolute Gasteiger partial charge is 0.417 e. The van der Waals surface area contributed by atoms with Gasteiger partial charge >= 0.3 is 6.09 Å². The number of carbonyl (C=O) groups excluding carboxylic acids is 4. The van der Waals surface area contributed by atoms with E-state index in [-0.39, 0.29) is 25.4 Å². The first-order valence-electron chi connectivity index (χ1n) is 12.4. The minimum Gasteiger partial charge on any atom is -0.444 e. The summed E-state index contributed by atoms with van der Waals surface area (Å²) >= 11 is 0. The molecule has 36 heavy (non-hydrogen) atoms. The normalized spacial score (nSPS) is 22.5. The molecule has 196 valence electrons. The van der Waals surface area contributed by atoms with Gasteiger partial charge in [-0.1, -0.05) is 30.3 Å². The van der Waals surface area contributed by atoms with Crippen molar-refractivity contribution in [3.05, 3.63) is 35.9 Å². The number of aliphatic imine (C=N–C) groups is 1. The Hall–Kier alpha value is -3.47. The fourth-order valence-corrected chi connectivity index (χ4v) is 4.88. The number of guanidine groups is 1. The van der Waals surface area contributed by atoms with E-state index in [1.54, 1.807) is 12.1 Å². The number of ether oxygens (including phenoxy) is 1. The summed E-state index contributed by atoms with van der Waals surface area (Å²) in [6, 6.07) is 7.27. The van der Waals surface area contributed by atoms with Crippen LogP contribution in [0.25, 0.3) is 0 Å². The number of rotatable bonds is 10. The number of nitrogens with one attached hydrogen (secondary N) is 1. The lowest BCUT2D eigenvalue weighted by Gasteiger charge is -2.48. The predicted octanol–water partition coefficient (Wildman–Crippen LogP) is 1.25. The van der Waals surface area contributed by atoms with Gasteiger partial charge in [-0.15, -0.1) is 0 Å². The van der Waals surface area contributed by atoms with E-state index in [9.17, 15) is 19.2 Å². The van der Waals surface area contributed by atoms with Gasteiger partial charge in [-0.3, -0.25) is 19.9 Å². The van der Waals surface area contributed by atoms with Crippen molar-refractivity contribution >= 4 is 30.2 Å². The molecule has 0 aliphatic carbocycles.